The summed E-state index contributed by atoms with van der Waals surface area (Å²) in [6, 6.07) is 1.05. The summed E-state index contributed by atoms with van der Waals surface area (Å²) in [6.07, 6.45) is -3.74. The molecule has 0 bridgehead atoms. The lowest BCUT2D eigenvalue weighted by molar-refractivity contribution is -0.380. The second kappa shape index (κ2) is 6.13. The van der Waals surface area contributed by atoms with Crippen LogP contribution in [0.4, 0.5) is 18.2 Å². The van der Waals surface area contributed by atoms with E-state index in [1.807, 2.05) is 5.10 Å². The third-order valence-corrected chi connectivity index (χ3v) is 3.49. The number of hydrogen-bond acceptors (Lipinski definition) is 6. The molecule has 2 aromatic heterocycles. The van der Waals surface area contributed by atoms with Crippen LogP contribution in [0.2, 0.25) is 0 Å². The van der Waals surface area contributed by atoms with Gasteiger partial charge in [-0.05, 0) is 0 Å². The fourth-order valence-corrected chi connectivity index (χ4v) is 2.30. The van der Waals surface area contributed by atoms with Crippen LogP contribution in [0, 0.1) is 10.1 Å². The second-order valence-corrected chi connectivity index (χ2v) is 4.97. The summed E-state index contributed by atoms with van der Waals surface area (Å²) in [5.41, 5.74) is -1.13. The summed E-state index contributed by atoms with van der Waals surface area (Å²) in [6.45, 7) is -0.301. The van der Waals surface area contributed by atoms with E-state index in [9.17, 15) is 28.1 Å². The molecule has 2 aromatic rings. The van der Waals surface area contributed by atoms with Crippen molar-refractivity contribution in [2.75, 3.05) is 6.61 Å². The van der Waals surface area contributed by atoms with Crippen LogP contribution in [0.3, 0.4) is 0 Å². The molecule has 2 heterocycles. The number of carbonyl (C=O) groups is 1. The highest BCUT2D eigenvalue weighted by atomic mass is 32.1. The molecule has 0 saturated carbocycles. The third kappa shape index (κ3) is 3.61. The van der Waals surface area contributed by atoms with Crippen molar-refractivity contribution in [2.45, 2.75) is 12.6 Å². The van der Waals surface area contributed by atoms with Crippen LogP contribution < -0.4 is 0 Å². The second-order valence-electron chi connectivity index (χ2n) is 4.08. The van der Waals surface area contributed by atoms with Gasteiger partial charge in [-0.25, -0.2) is 4.79 Å². The van der Waals surface area contributed by atoms with Gasteiger partial charge in [-0.2, -0.15) is 18.3 Å². The number of nitrogens with one attached hydrogen (secondary N) is 1. The van der Waals surface area contributed by atoms with E-state index in [0.717, 1.165) is 23.6 Å². The van der Waals surface area contributed by atoms with Gasteiger partial charge in [0.25, 0.3) is 0 Å². The minimum atomic E-state index is -4.57. The molecule has 0 radical (unpaired) electrons. The fraction of sp³-hybridized carbons (Fsp3) is 0.273. The lowest BCUT2D eigenvalue weighted by Gasteiger charge is -2.07. The van der Waals surface area contributed by atoms with Gasteiger partial charge in [0.05, 0.1) is 23.3 Å². The SMILES string of the molecule is O=C(OCCc1cn[nH]c1C(F)(F)F)c1csc([N+](=O)[O-])c1. The lowest BCUT2D eigenvalue weighted by atomic mass is 10.2. The van der Waals surface area contributed by atoms with Gasteiger partial charge >= 0.3 is 17.1 Å². The highest BCUT2D eigenvalue weighted by Gasteiger charge is 2.35. The van der Waals surface area contributed by atoms with E-state index < -0.39 is 22.8 Å². The van der Waals surface area contributed by atoms with Gasteiger partial charge in [-0.3, -0.25) is 15.2 Å². The zero-order chi connectivity index (χ0) is 16.3. The van der Waals surface area contributed by atoms with E-state index in [1.165, 1.54) is 5.38 Å². The molecular weight excluding hydrogens is 327 g/mol. The molecule has 0 aliphatic heterocycles. The summed E-state index contributed by atoms with van der Waals surface area (Å²) < 4.78 is 42.5. The van der Waals surface area contributed by atoms with E-state index in [2.05, 4.69) is 5.10 Å². The van der Waals surface area contributed by atoms with Crippen molar-refractivity contribution in [1.82, 2.24) is 10.2 Å². The van der Waals surface area contributed by atoms with Crippen molar-refractivity contribution >= 4 is 22.3 Å². The highest BCUT2D eigenvalue weighted by molar-refractivity contribution is 7.13. The molecule has 22 heavy (non-hydrogen) atoms. The van der Waals surface area contributed by atoms with Crippen molar-refractivity contribution < 1.29 is 27.6 Å². The summed E-state index contributed by atoms with van der Waals surface area (Å²) >= 11 is 0.759. The number of aromatic amines is 1. The Balaban J connectivity index is 1.92. The maximum Gasteiger partial charge on any atom is 0.433 e. The molecule has 11 heteroatoms. The molecular formula is C11H8F3N3O4S. The molecule has 2 rings (SSSR count). The predicted molar refractivity (Wildman–Crippen MR) is 68.5 cm³/mol. The van der Waals surface area contributed by atoms with Crippen LogP contribution in [0.1, 0.15) is 21.6 Å². The molecule has 0 amide bonds. The zero-order valence-electron chi connectivity index (χ0n) is 10.7. The molecule has 0 unspecified atom stereocenters. The molecule has 0 aliphatic carbocycles. The van der Waals surface area contributed by atoms with Crippen LogP contribution in [0.25, 0.3) is 0 Å². The Morgan fingerprint density at radius 2 is 2.23 bits per heavy atom. The van der Waals surface area contributed by atoms with Crippen LogP contribution in [-0.4, -0.2) is 27.7 Å². The number of carbonyl (C=O) groups excluding carboxylic acids is 1. The normalized spacial score (nSPS) is 11.4. The molecule has 0 aromatic carbocycles. The first-order valence-electron chi connectivity index (χ1n) is 5.78. The Morgan fingerprint density at radius 3 is 2.82 bits per heavy atom. The number of nitro groups is 1. The number of alkyl halides is 3. The molecule has 0 fully saturated rings. The average molecular weight is 335 g/mol. The Labute approximate surface area is 124 Å². The van der Waals surface area contributed by atoms with Crippen molar-refractivity contribution in [3.05, 3.63) is 44.6 Å². The van der Waals surface area contributed by atoms with E-state index >= 15 is 0 Å². The minimum absolute atomic E-state index is 0.0139. The summed E-state index contributed by atoms with van der Waals surface area (Å²) in [5.74, 6) is -0.832. The van der Waals surface area contributed by atoms with Crippen molar-refractivity contribution in [2.24, 2.45) is 0 Å². The molecule has 7 nitrogen and oxygen atoms in total. The molecule has 1 N–H and O–H groups in total. The third-order valence-electron chi connectivity index (χ3n) is 2.61. The number of hydrogen-bond donors (Lipinski definition) is 1. The van der Waals surface area contributed by atoms with Gasteiger partial charge in [0.2, 0.25) is 0 Å². The first-order chi connectivity index (χ1) is 10.3. The molecule has 0 spiro atoms. The van der Waals surface area contributed by atoms with Crippen molar-refractivity contribution in [3.8, 4) is 0 Å². The van der Waals surface area contributed by atoms with E-state index in [1.54, 1.807) is 0 Å². The van der Waals surface area contributed by atoms with E-state index in [4.69, 9.17) is 4.74 Å². The Bertz CT molecular complexity index is 695. The minimum Gasteiger partial charge on any atom is -0.462 e. The average Bonchev–Trinajstić information content (AvgIpc) is 3.06. The largest absolute Gasteiger partial charge is 0.462 e. The van der Waals surface area contributed by atoms with Crippen LogP contribution in [-0.2, 0) is 17.3 Å². The maximum atomic E-state index is 12.6. The van der Waals surface area contributed by atoms with E-state index in [0.29, 0.717) is 0 Å². The smallest absolute Gasteiger partial charge is 0.433 e. The Morgan fingerprint density at radius 1 is 1.50 bits per heavy atom. The van der Waals surface area contributed by atoms with E-state index in [-0.39, 0.29) is 29.2 Å². The first kappa shape index (κ1) is 15.9. The van der Waals surface area contributed by atoms with Crippen molar-refractivity contribution in [3.63, 3.8) is 0 Å². The van der Waals surface area contributed by atoms with Gasteiger partial charge in [0.15, 0.2) is 0 Å². The first-order valence-corrected chi connectivity index (χ1v) is 6.66. The number of thiophene rings is 1. The Hall–Kier alpha value is -2.43. The number of nitrogens with zero attached hydrogens (tertiary/aromatic N) is 2. The highest BCUT2D eigenvalue weighted by Crippen LogP contribution is 2.30. The van der Waals surface area contributed by atoms with Crippen molar-refractivity contribution in [1.29, 1.82) is 0 Å². The molecule has 0 atom stereocenters. The van der Waals surface area contributed by atoms with Gasteiger partial charge in [0, 0.05) is 23.4 Å². The van der Waals surface area contributed by atoms with Gasteiger partial charge in [-0.15, -0.1) is 0 Å². The maximum absolute atomic E-state index is 12.6. The number of aromatic nitrogens is 2. The monoisotopic (exact) mass is 335 g/mol. The number of H-pyrrole nitrogens is 1. The summed E-state index contributed by atoms with van der Waals surface area (Å²) in [4.78, 5) is 21.4. The zero-order valence-corrected chi connectivity index (χ0v) is 11.5. The van der Waals surface area contributed by atoms with Gasteiger partial charge < -0.3 is 4.74 Å². The molecule has 118 valence electrons. The number of esters is 1. The topological polar surface area (TPSA) is 98.1 Å². The predicted octanol–water partition coefficient (Wildman–Crippen LogP) is 2.80. The number of halogens is 3. The fourth-order valence-electron chi connectivity index (χ4n) is 1.61. The summed E-state index contributed by atoms with van der Waals surface area (Å²) in [5, 5.41) is 16.7. The van der Waals surface area contributed by atoms with Gasteiger partial charge in [0.1, 0.15) is 5.69 Å². The van der Waals surface area contributed by atoms with Crippen LogP contribution >= 0.6 is 11.3 Å². The quantitative estimate of drug-likeness (QED) is 0.515. The standard InChI is InChI=1S/C11H8F3N3O4S/c12-11(13,14)9-6(4-15-16-9)1-2-21-10(18)7-3-8(17(19)20)22-5-7/h3-5H,1-2H2,(H,15,16). The molecule has 0 saturated heterocycles. The van der Waals surface area contributed by atoms with Gasteiger partial charge in [-0.1, -0.05) is 11.3 Å². The molecule has 0 aliphatic rings. The Kier molecular flexibility index (Phi) is 4.45. The van der Waals surface area contributed by atoms with Crippen LogP contribution in [0.5, 0.6) is 0 Å². The number of rotatable bonds is 5. The summed E-state index contributed by atoms with van der Waals surface area (Å²) in [7, 11) is 0. The lowest BCUT2D eigenvalue weighted by Crippen LogP contribution is -2.12. The number of ether oxygens (including phenoxy) is 1. The van der Waals surface area contributed by atoms with Crippen LogP contribution in [0.15, 0.2) is 17.6 Å².